The van der Waals surface area contributed by atoms with Gasteiger partial charge in [0.2, 0.25) is 0 Å². The highest BCUT2D eigenvalue weighted by Gasteiger charge is 2.23. The number of ether oxygens (including phenoxy) is 1. The molecule has 1 N–H and O–H groups in total. The van der Waals surface area contributed by atoms with Crippen molar-refractivity contribution in [3.05, 3.63) is 51.5 Å². The lowest BCUT2D eigenvalue weighted by atomic mass is 10.0. The van der Waals surface area contributed by atoms with Crippen molar-refractivity contribution in [3.8, 4) is 0 Å². The van der Waals surface area contributed by atoms with E-state index in [0.29, 0.717) is 34.5 Å². The summed E-state index contributed by atoms with van der Waals surface area (Å²) in [6.45, 7) is 1.02. The number of halogens is 3. The molecule has 1 aromatic heterocycles. The summed E-state index contributed by atoms with van der Waals surface area (Å²) >= 11 is 12.0. The minimum atomic E-state index is -0.422. The van der Waals surface area contributed by atoms with E-state index in [9.17, 15) is 4.39 Å². The lowest BCUT2D eigenvalue weighted by molar-refractivity contribution is 0.182. The van der Waals surface area contributed by atoms with E-state index >= 15 is 0 Å². The van der Waals surface area contributed by atoms with Crippen molar-refractivity contribution in [2.24, 2.45) is 0 Å². The Kier molecular flexibility index (Phi) is 5.58. The zero-order valence-electron chi connectivity index (χ0n) is 11.7. The molecule has 21 heavy (non-hydrogen) atoms. The van der Waals surface area contributed by atoms with Gasteiger partial charge in [-0.2, -0.15) is 5.10 Å². The first-order valence-corrected chi connectivity index (χ1v) is 7.16. The van der Waals surface area contributed by atoms with E-state index in [2.05, 4.69) is 10.4 Å². The molecule has 1 atom stereocenters. The van der Waals surface area contributed by atoms with Crippen LogP contribution in [0.2, 0.25) is 10.0 Å². The van der Waals surface area contributed by atoms with Gasteiger partial charge >= 0.3 is 0 Å². The Morgan fingerprint density at radius 3 is 2.81 bits per heavy atom. The fourth-order valence-corrected chi connectivity index (χ4v) is 2.60. The van der Waals surface area contributed by atoms with Crippen LogP contribution in [-0.4, -0.2) is 30.5 Å². The molecule has 0 saturated heterocycles. The summed E-state index contributed by atoms with van der Waals surface area (Å²) in [5, 5.41) is 8.10. The van der Waals surface area contributed by atoms with Gasteiger partial charge in [-0.15, -0.1) is 0 Å². The minimum absolute atomic E-state index is 0.352. The summed E-state index contributed by atoms with van der Waals surface area (Å²) in [7, 11) is 3.35. The van der Waals surface area contributed by atoms with E-state index < -0.39 is 11.9 Å². The quantitative estimate of drug-likeness (QED) is 0.882. The highest BCUT2D eigenvalue weighted by atomic mass is 35.5. The molecule has 0 aliphatic heterocycles. The zero-order valence-corrected chi connectivity index (χ0v) is 13.2. The number of nitrogens with one attached hydrogen (secondary N) is 1. The number of hydrogen-bond donors (Lipinski definition) is 1. The highest BCUT2D eigenvalue weighted by Crippen LogP contribution is 2.30. The van der Waals surface area contributed by atoms with Crippen molar-refractivity contribution in [3.63, 3.8) is 0 Å². The molecule has 1 aromatic carbocycles. The van der Waals surface area contributed by atoms with Crippen molar-refractivity contribution in [1.82, 2.24) is 15.1 Å². The van der Waals surface area contributed by atoms with Gasteiger partial charge in [0.15, 0.2) is 0 Å². The van der Waals surface area contributed by atoms with Gasteiger partial charge in [-0.3, -0.25) is 4.68 Å². The highest BCUT2D eigenvalue weighted by molar-refractivity contribution is 6.31. The molecule has 4 nitrogen and oxygen atoms in total. The summed E-state index contributed by atoms with van der Waals surface area (Å²) in [4.78, 5) is 0. The summed E-state index contributed by atoms with van der Waals surface area (Å²) in [5.74, 6) is -0.391. The summed E-state index contributed by atoms with van der Waals surface area (Å²) in [5.41, 5.74) is 1.15. The third-order valence-electron chi connectivity index (χ3n) is 3.18. The Bertz CT molecular complexity index is 618. The molecule has 0 aliphatic rings. The first kappa shape index (κ1) is 16.2. The lowest BCUT2D eigenvalue weighted by Crippen LogP contribution is -2.24. The van der Waals surface area contributed by atoms with Gasteiger partial charge in [-0.1, -0.05) is 29.3 Å². The number of nitrogens with zero attached hydrogens (tertiary/aromatic N) is 2. The molecule has 2 aromatic rings. The Labute approximate surface area is 132 Å². The molecule has 114 valence electrons. The van der Waals surface area contributed by atoms with Crippen LogP contribution in [0.25, 0.3) is 0 Å². The second-order valence-electron chi connectivity index (χ2n) is 4.48. The third-order valence-corrected chi connectivity index (χ3v) is 3.70. The van der Waals surface area contributed by atoms with Crippen LogP contribution in [-0.2, 0) is 11.3 Å². The number of rotatable bonds is 6. The van der Waals surface area contributed by atoms with E-state index in [4.69, 9.17) is 27.9 Å². The molecule has 0 bridgehead atoms. The van der Waals surface area contributed by atoms with Crippen LogP contribution in [0.3, 0.4) is 0 Å². The fraction of sp³-hybridized carbons (Fsp3) is 0.357. The van der Waals surface area contributed by atoms with Crippen molar-refractivity contribution >= 4 is 23.2 Å². The van der Waals surface area contributed by atoms with Crippen molar-refractivity contribution < 1.29 is 9.13 Å². The predicted octanol–water partition coefficient (Wildman–Crippen LogP) is 3.28. The second-order valence-corrected chi connectivity index (χ2v) is 5.32. The van der Waals surface area contributed by atoms with E-state index in [1.165, 1.54) is 6.07 Å². The predicted molar refractivity (Wildman–Crippen MR) is 81.4 cm³/mol. The smallest absolute Gasteiger partial charge is 0.129 e. The Morgan fingerprint density at radius 2 is 2.19 bits per heavy atom. The maximum atomic E-state index is 14.2. The van der Waals surface area contributed by atoms with Crippen molar-refractivity contribution in [1.29, 1.82) is 0 Å². The van der Waals surface area contributed by atoms with Gasteiger partial charge in [0.05, 0.1) is 36.1 Å². The first-order valence-electron chi connectivity index (χ1n) is 6.40. The van der Waals surface area contributed by atoms with Crippen molar-refractivity contribution in [2.45, 2.75) is 12.6 Å². The van der Waals surface area contributed by atoms with Crippen LogP contribution in [0.4, 0.5) is 4.39 Å². The third kappa shape index (κ3) is 3.55. The molecule has 7 heteroatoms. The molecule has 0 amide bonds. The summed E-state index contributed by atoms with van der Waals surface area (Å²) in [6.07, 6.45) is 1.55. The summed E-state index contributed by atoms with van der Waals surface area (Å²) in [6, 6.07) is 4.15. The first-order chi connectivity index (χ1) is 10.1. The Morgan fingerprint density at radius 1 is 1.43 bits per heavy atom. The van der Waals surface area contributed by atoms with Gasteiger partial charge in [0.1, 0.15) is 5.82 Å². The van der Waals surface area contributed by atoms with Crippen molar-refractivity contribution in [2.75, 3.05) is 20.8 Å². The summed E-state index contributed by atoms with van der Waals surface area (Å²) < 4.78 is 20.9. The maximum absolute atomic E-state index is 14.2. The lowest BCUT2D eigenvalue weighted by Gasteiger charge is -2.20. The number of methoxy groups -OCH3 is 1. The van der Waals surface area contributed by atoms with Crippen LogP contribution in [0.5, 0.6) is 0 Å². The monoisotopic (exact) mass is 331 g/mol. The van der Waals surface area contributed by atoms with Crippen LogP contribution in [0.1, 0.15) is 17.3 Å². The van der Waals surface area contributed by atoms with Gasteiger partial charge < -0.3 is 10.1 Å². The van der Waals surface area contributed by atoms with Crippen LogP contribution in [0.15, 0.2) is 24.4 Å². The van der Waals surface area contributed by atoms with E-state index in [1.54, 1.807) is 37.2 Å². The SMILES string of the molecule is CNC(c1ccc(Cl)cc1F)c1c(Cl)cnn1CCOC. The molecule has 1 unspecified atom stereocenters. The van der Waals surface area contributed by atoms with Crippen LogP contribution in [0, 0.1) is 5.82 Å². The average molecular weight is 332 g/mol. The Balaban J connectivity index is 2.43. The zero-order chi connectivity index (χ0) is 15.4. The molecule has 1 heterocycles. The molecular weight excluding hydrogens is 316 g/mol. The van der Waals surface area contributed by atoms with Crippen LogP contribution >= 0.6 is 23.2 Å². The molecular formula is C14H16Cl2FN3O. The topological polar surface area (TPSA) is 39.1 Å². The number of aromatic nitrogens is 2. The molecule has 0 radical (unpaired) electrons. The maximum Gasteiger partial charge on any atom is 0.129 e. The van der Waals surface area contributed by atoms with Gasteiger partial charge in [-0.05, 0) is 19.2 Å². The van der Waals surface area contributed by atoms with Gasteiger partial charge in [0.25, 0.3) is 0 Å². The van der Waals surface area contributed by atoms with E-state index in [-0.39, 0.29) is 0 Å². The largest absolute Gasteiger partial charge is 0.383 e. The molecule has 0 fully saturated rings. The Hall–Kier alpha value is -1.14. The normalized spacial score (nSPS) is 12.6. The molecule has 2 rings (SSSR count). The van der Waals surface area contributed by atoms with Gasteiger partial charge in [-0.25, -0.2) is 4.39 Å². The second kappa shape index (κ2) is 7.22. The molecule has 0 aliphatic carbocycles. The molecule has 0 saturated carbocycles. The van der Waals surface area contributed by atoms with Crippen LogP contribution < -0.4 is 5.32 Å². The average Bonchev–Trinajstić information content (AvgIpc) is 2.81. The van der Waals surface area contributed by atoms with Gasteiger partial charge in [0, 0.05) is 17.7 Å². The standard InChI is InChI=1S/C14H16Cl2FN3O/c1-18-13(10-4-3-9(15)7-12(10)17)14-11(16)8-19-20(14)5-6-21-2/h3-4,7-8,13,18H,5-6H2,1-2H3. The minimum Gasteiger partial charge on any atom is -0.383 e. The number of benzene rings is 1. The fourth-order valence-electron chi connectivity index (χ4n) is 2.19. The molecule has 0 spiro atoms. The van der Waals surface area contributed by atoms with E-state index in [1.807, 2.05) is 0 Å². The van der Waals surface area contributed by atoms with E-state index in [0.717, 1.165) is 0 Å². The number of hydrogen-bond acceptors (Lipinski definition) is 3.